The second-order valence-electron chi connectivity index (χ2n) is 5.30. The van der Waals surface area contributed by atoms with E-state index < -0.39 is 0 Å². The number of guanidine groups is 1. The third kappa shape index (κ3) is 7.87. The van der Waals surface area contributed by atoms with Crippen molar-refractivity contribution < 1.29 is 4.74 Å². The molecule has 0 unspecified atom stereocenters. The molecule has 0 aliphatic heterocycles. The van der Waals surface area contributed by atoms with E-state index in [1.165, 1.54) is 0 Å². The van der Waals surface area contributed by atoms with E-state index in [-0.39, 0.29) is 24.0 Å². The Balaban J connectivity index is 0.00000312. The summed E-state index contributed by atoms with van der Waals surface area (Å²) in [5.41, 5.74) is 2.12. The minimum absolute atomic E-state index is 0. The number of para-hydroxylation sites is 1. The molecule has 0 saturated carbocycles. The van der Waals surface area contributed by atoms with Crippen molar-refractivity contribution in [3.05, 3.63) is 48.3 Å². The van der Waals surface area contributed by atoms with Gasteiger partial charge in [-0.1, -0.05) is 18.2 Å². The summed E-state index contributed by atoms with van der Waals surface area (Å²) in [4.78, 5) is 4.61. The van der Waals surface area contributed by atoms with Crippen molar-refractivity contribution in [2.45, 2.75) is 26.8 Å². The number of halogens is 1. The van der Waals surface area contributed by atoms with Crippen LogP contribution in [0.4, 0.5) is 0 Å². The Morgan fingerprint density at radius 1 is 1.20 bits per heavy atom. The van der Waals surface area contributed by atoms with E-state index >= 15 is 0 Å². The molecule has 1 aromatic carbocycles. The standard InChI is InChI=1S/C18H27N5O.HI/c1-3-19-18(20-11-8-12-24-4-2)21-13-16-14-22-23(15-16)17-9-6-5-7-10-17;/h5-7,9-10,14-15H,3-4,8,11-13H2,1-2H3,(H2,19,20,21);1H. The molecular weight excluding hydrogens is 429 g/mol. The highest BCUT2D eigenvalue weighted by Gasteiger charge is 2.01. The van der Waals surface area contributed by atoms with E-state index in [1.54, 1.807) is 0 Å². The molecule has 0 aliphatic rings. The fourth-order valence-electron chi connectivity index (χ4n) is 2.20. The molecule has 2 rings (SSSR count). The molecule has 138 valence electrons. The summed E-state index contributed by atoms with van der Waals surface area (Å²) in [5.74, 6) is 0.821. The summed E-state index contributed by atoms with van der Waals surface area (Å²) in [6.45, 7) is 7.87. The number of benzene rings is 1. The number of nitrogens with zero attached hydrogens (tertiary/aromatic N) is 3. The fourth-order valence-corrected chi connectivity index (χ4v) is 2.20. The third-order valence-electron chi connectivity index (χ3n) is 3.38. The molecule has 0 atom stereocenters. The van der Waals surface area contributed by atoms with Gasteiger partial charge in [0.25, 0.3) is 0 Å². The molecule has 1 aromatic heterocycles. The molecule has 6 nitrogen and oxygen atoms in total. The predicted octanol–water partition coefficient (Wildman–Crippen LogP) is 2.97. The van der Waals surface area contributed by atoms with Gasteiger partial charge in [0.2, 0.25) is 0 Å². The SMILES string of the molecule is CCNC(=NCc1cnn(-c2ccccc2)c1)NCCCOCC.I. The number of aromatic nitrogens is 2. The van der Waals surface area contributed by atoms with Crippen molar-refractivity contribution in [3.8, 4) is 5.69 Å². The monoisotopic (exact) mass is 457 g/mol. The second-order valence-corrected chi connectivity index (χ2v) is 5.30. The van der Waals surface area contributed by atoms with Crippen molar-refractivity contribution in [1.29, 1.82) is 0 Å². The van der Waals surface area contributed by atoms with Crippen LogP contribution in [0.15, 0.2) is 47.7 Å². The maximum Gasteiger partial charge on any atom is 0.191 e. The van der Waals surface area contributed by atoms with E-state index in [2.05, 4.69) is 27.6 Å². The Morgan fingerprint density at radius 3 is 2.72 bits per heavy atom. The van der Waals surface area contributed by atoms with Crippen LogP contribution in [0.2, 0.25) is 0 Å². The first-order chi connectivity index (χ1) is 11.8. The zero-order valence-corrected chi connectivity index (χ0v) is 17.3. The highest BCUT2D eigenvalue weighted by Crippen LogP contribution is 2.08. The molecule has 0 fully saturated rings. The molecule has 0 amide bonds. The highest BCUT2D eigenvalue weighted by atomic mass is 127. The molecule has 25 heavy (non-hydrogen) atoms. The molecule has 0 saturated heterocycles. The maximum atomic E-state index is 5.34. The summed E-state index contributed by atoms with van der Waals surface area (Å²) in [7, 11) is 0. The number of nitrogens with one attached hydrogen (secondary N) is 2. The molecule has 0 radical (unpaired) electrons. The van der Waals surface area contributed by atoms with Crippen molar-refractivity contribution >= 4 is 29.9 Å². The van der Waals surface area contributed by atoms with Gasteiger partial charge in [-0.2, -0.15) is 5.10 Å². The van der Waals surface area contributed by atoms with Crippen molar-refractivity contribution in [1.82, 2.24) is 20.4 Å². The van der Waals surface area contributed by atoms with E-state index in [0.29, 0.717) is 6.54 Å². The Labute approximate surface area is 167 Å². The minimum atomic E-state index is 0. The average Bonchev–Trinajstić information content (AvgIpc) is 3.09. The Kier molecular flexibility index (Phi) is 10.9. The first-order valence-corrected chi connectivity index (χ1v) is 8.52. The summed E-state index contributed by atoms with van der Waals surface area (Å²) in [6, 6.07) is 10.1. The molecule has 2 aromatic rings. The number of aliphatic imine (C=N–C) groups is 1. The Hall–Kier alpha value is -1.61. The van der Waals surface area contributed by atoms with Crippen LogP contribution in [0.5, 0.6) is 0 Å². The van der Waals surface area contributed by atoms with Crippen LogP contribution in [0, 0.1) is 0 Å². The van der Waals surface area contributed by atoms with Gasteiger partial charge in [0.15, 0.2) is 5.96 Å². The lowest BCUT2D eigenvalue weighted by Gasteiger charge is -2.10. The van der Waals surface area contributed by atoms with Crippen LogP contribution in [-0.4, -0.2) is 42.0 Å². The maximum absolute atomic E-state index is 5.34. The number of hydrogen-bond acceptors (Lipinski definition) is 3. The highest BCUT2D eigenvalue weighted by molar-refractivity contribution is 14.0. The molecule has 0 aliphatic carbocycles. The Morgan fingerprint density at radius 2 is 2.00 bits per heavy atom. The second kappa shape index (κ2) is 12.7. The number of hydrogen-bond donors (Lipinski definition) is 2. The molecule has 7 heteroatoms. The van der Waals surface area contributed by atoms with E-state index in [0.717, 1.165) is 49.9 Å². The van der Waals surface area contributed by atoms with Gasteiger partial charge in [0.05, 0.1) is 18.4 Å². The van der Waals surface area contributed by atoms with E-state index in [1.807, 2.05) is 54.3 Å². The van der Waals surface area contributed by atoms with Crippen molar-refractivity contribution in [2.24, 2.45) is 4.99 Å². The van der Waals surface area contributed by atoms with Crippen molar-refractivity contribution in [2.75, 3.05) is 26.3 Å². The normalized spacial score (nSPS) is 11.0. The van der Waals surface area contributed by atoms with Gasteiger partial charge in [-0.3, -0.25) is 0 Å². The first kappa shape index (κ1) is 21.4. The van der Waals surface area contributed by atoms with Gasteiger partial charge in [-0.25, -0.2) is 9.67 Å². The van der Waals surface area contributed by atoms with Crippen LogP contribution in [0.25, 0.3) is 5.69 Å². The zero-order valence-electron chi connectivity index (χ0n) is 14.9. The van der Waals surface area contributed by atoms with Gasteiger partial charge in [-0.15, -0.1) is 24.0 Å². The van der Waals surface area contributed by atoms with Crippen LogP contribution >= 0.6 is 24.0 Å². The minimum Gasteiger partial charge on any atom is -0.382 e. The van der Waals surface area contributed by atoms with Gasteiger partial charge >= 0.3 is 0 Å². The molecule has 1 heterocycles. The van der Waals surface area contributed by atoms with Crippen LogP contribution in [-0.2, 0) is 11.3 Å². The lowest BCUT2D eigenvalue weighted by Crippen LogP contribution is -2.38. The van der Waals surface area contributed by atoms with Gasteiger partial charge in [0, 0.05) is 38.1 Å². The molecule has 0 bridgehead atoms. The Bertz CT molecular complexity index is 615. The molecule has 0 spiro atoms. The van der Waals surface area contributed by atoms with Crippen LogP contribution in [0.1, 0.15) is 25.8 Å². The lowest BCUT2D eigenvalue weighted by molar-refractivity contribution is 0.145. The first-order valence-electron chi connectivity index (χ1n) is 8.52. The van der Waals surface area contributed by atoms with Crippen LogP contribution in [0.3, 0.4) is 0 Å². The summed E-state index contributed by atoms with van der Waals surface area (Å²) < 4.78 is 7.21. The topological polar surface area (TPSA) is 63.5 Å². The molecule has 2 N–H and O–H groups in total. The molecular formula is C18H28IN5O. The van der Waals surface area contributed by atoms with E-state index in [9.17, 15) is 0 Å². The lowest BCUT2D eigenvalue weighted by atomic mass is 10.3. The van der Waals surface area contributed by atoms with Gasteiger partial charge < -0.3 is 15.4 Å². The van der Waals surface area contributed by atoms with Gasteiger partial charge in [-0.05, 0) is 32.4 Å². The fraction of sp³-hybridized carbons (Fsp3) is 0.444. The smallest absolute Gasteiger partial charge is 0.191 e. The quantitative estimate of drug-likeness (QED) is 0.263. The average molecular weight is 457 g/mol. The summed E-state index contributed by atoms with van der Waals surface area (Å²) in [5, 5.41) is 11.0. The van der Waals surface area contributed by atoms with Crippen LogP contribution < -0.4 is 10.6 Å². The van der Waals surface area contributed by atoms with Gasteiger partial charge in [0.1, 0.15) is 0 Å². The largest absolute Gasteiger partial charge is 0.382 e. The van der Waals surface area contributed by atoms with E-state index in [4.69, 9.17) is 4.74 Å². The third-order valence-corrected chi connectivity index (χ3v) is 3.38. The predicted molar refractivity (Wildman–Crippen MR) is 113 cm³/mol. The summed E-state index contributed by atoms with van der Waals surface area (Å²) in [6.07, 6.45) is 4.83. The zero-order chi connectivity index (χ0) is 17.0. The number of ether oxygens (including phenoxy) is 1. The van der Waals surface area contributed by atoms with Crippen molar-refractivity contribution in [3.63, 3.8) is 0 Å². The summed E-state index contributed by atoms with van der Waals surface area (Å²) >= 11 is 0. The number of rotatable bonds is 9.